The molecule has 15 nitrogen and oxygen atoms in total. The van der Waals surface area contributed by atoms with Crippen LogP contribution >= 0.6 is 23.6 Å². The SMILES string of the molecule is Cc1ncsc1-c1ccc(CNC(=O)[C@@H]2CCCN2C(=O)C(NC(=O)COCCCCOc2ccc(Oc3ncc(N4C(=S)N(c5ccc(C#N)c(C(F)(F)F)c5F)C(=O)C4(C)C)cc3F)cc2)C(C)(C)C)cc1. The monoisotopic (exact) mass is 1060 g/mol. The van der Waals surface area contributed by atoms with Crippen LogP contribution in [0.25, 0.3) is 10.4 Å². The van der Waals surface area contributed by atoms with Gasteiger partial charge in [-0.3, -0.25) is 24.1 Å². The van der Waals surface area contributed by atoms with Crippen LogP contribution in [0.2, 0.25) is 0 Å². The summed E-state index contributed by atoms with van der Waals surface area (Å²) in [6, 6.07) is 16.4. The molecule has 4 heterocycles. The van der Waals surface area contributed by atoms with Gasteiger partial charge in [0.1, 0.15) is 41.3 Å². The molecule has 1 unspecified atom stereocenters. The van der Waals surface area contributed by atoms with E-state index in [-0.39, 0.29) is 36.5 Å². The quantitative estimate of drug-likeness (QED) is 0.0483. The highest BCUT2D eigenvalue weighted by molar-refractivity contribution is 7.81. The van der Waals surface area contributed by atoms with Gasteiger partial charge in [0.25, 0.3) is 11.8 Å². The largest absolute Gasteiger partial charge is 0.494 e. The number of thiocarbonyl (C=S) groups is 1. The first-order chi connectivity index (χ1) is 35.0. The lowest BCUT2D eigenvalue weighted by Gasteiger charge is -2.35. The number of halogens is 5. The Morgan fingerprint density at radius 2 is 1.68 bits per heavy atom. The first-order valence-electron chi connectivity index (χ1n) is 23.5. The van der Waals surface area contributed by atoms with E-state index in [0.717, 1.165) is 51.0 Å². The second-order valence-electron chi connectivity index (χ2n) is 19.1. The maximum absolute atomic E-state index is 15.5. The molecular formula is C52H53F5N8O7S2. The molecule has 2 aliphatic heterocycles. The number of aromatic nitrogens is 2. The average Bonchev–Trinajstić information content (AvgIpc) is 4.06. The highest BCUT2D eigenvalue weighted by Crippen LogP contribution is 2.42. The number of nitrogens with one attached hydrogen (secondary N) is 2. The lowest BCUT2D eigenvalue weighted by molar-refractivity contribution is -0.144. The van der Waals surface area contributed by atoms with E-state index in [1.165, 1.54) is 32.0 Å². The summed E-state index contributed by atoms with van der Waals surface area (Å²) in [5, 5.41) is 14.5. The van der Waals surface area contributed by atoms with Gasteiger partial charge in [-0.15, -0.1) is 11.3 Å². The zero-order valence-corrected chi connectivity index (χ0v) is 42.9. The van der Waals surface area contributed by atoms with Crippen LogP contribution in [-0.4, -0.2) is 87.6 Å². The third-order valence-electron chi connectivity index (χ3n) is 12.4. The topological polar surface area (TPSA) is 179 Å². The number of carbonyl (C=O) groups is 4. The number of hydrogen-bond donors (Lipinski definition) is 2. The number of nitriles is 1. The summed E-state index contributed by atoms with van der Waals surface area (Å²) in [7, 11) is 0. The standard InChI is InChI=1S/C52H53F5N8O7S2/c1-30-43(74-29-61-30)32-13-11-31(12-14-32)26-59-45(67)39-10-9-21-63(39)47(68)44(50(2,3)4)62-40(66)28-70-22-7-8-23-71-35-16-18-36(19-17-35)72-46-37(53)24-34(27-60-46)65-49(73)64(48(69)51(65,5)6)38-20-15-33(25-58)41(42(38)54)52(55,56)57/h11-20,24,27,29,39,44H,7-10,21-23,26,28H2,1-6H3,(H,59,67)(H,62,66)/t39-,44?/m0/s1. The molecule has 2 saturated heterocycles. The number of rotatable bonds is 18. The van der Waals surface area contributed by atoms with Crippen molar-refractivity contribution in [3.63, 3.8) is 0 Å². The Kier molecular flexibility index (Phi) is 16.7. The third-order valence-corrected chi connectivity index (χ3v) is 13.7. The summed E-state index contributed by atoms with van der Waals surface area (Å²) < 4.78 is 89.3. The average molecular weight is 1060 g/mol. The predicted molar refractivity (Wildman–Crippen MR) is 269 cm³/mol. The van der Waals surface area contributed by atoms with Gasteiger partial charge < -0.3 is 34.6 Å². The Bertz CT molecular complexity index is 2960. The zero-order valence-electron chi connectivity index (χ0n) is 41.3. The molecule has 4 amide bonds. The summed E-state index contributed by atoms with van der Waals surface area (Å²) in [6.45, 7) is 11.2. The highest BCUT2D eigenvalue weighted by atomic mass is 32.1. The number of hydrogen-bond acceptors (Lipinski definition) is 12. The Morgan fingerprint density at radius 3 is 2.31 bits per heavy atom. The van der Waals surface area contributed by atoms with Gasteiger partial charge in [-0.05, 0) is 112 Å². The fraction of sp³-hybridized carbons (Fsp3) is 0.385. The molecule has 2 atom stereocenters. The molecule has 2 fully saturated rings. The number of anilines is 2. The molecule has 0 saturated carbocycles. The number of ether oxygens (including phenoxy) is 3. The molecule has 0 aliphatic carbocycles. The molecule has 2 N–H and O–H groups in total. The Labute approximate surface area is 433 Å². The van der Waals surface area contributed by atoms with Gasteiger partial charge >= 0.3 is 6.18 Å². The van der Waals surface area contributed by atoms with Crippen molar-refractivity contribution in [2.75, 3.05) is 36.2 Å². The zero-order chi connectivity index (χ0) is 53.7. The Balaban J connectivity index is 0.836. The molecule has 390 valence electrons. The second kappa shape index (κ2) is 22.6. The molecule has 5 aromatic rings. The van der Waals surface area contributed by atoms with Gasteiger partial charge in [-0.1, -0.05) is 45.0 Å². The van der Waals surface area contributed by atoms with Crippen molar-refractivity contribution in [3.05, 3.63) is 112 Å². The van der Waals surface area contributed by atoms with Crippen LogP contribution in [-0.2, 0) is 36.6 Å². The summed E-state index contributed by atoms with van der Waals surface area (Å²) in [5.74, 6) is -4.58. The van der Waals surface area contributed by atoms with E-state index in [0.29, 0.717) is 56.0 Å². The molecule has 0 spiro atoms. The smallest absolute Gasteiger partial charge is 0.420 e. The summed E-state index contributed by atoms with van der Waals surface area (Å²) in [5.41, 5.74) is -1.28. The van der Waals surface area contributed by atoms with Crippen molar-refractivity contribution in [2.45, 2.75) is 97.6 Å². The van der Waals surface area contributed by atoms with Crippen LogP contribution in [0, 0.1) is 35.3 Å². The molecular weight excluding hydrogens is 1010 g/mol. The fourth-order valence-electron chi connectivity index (χ4n) is 8.52. The highest BCUT2D eigenvalue weighted by Gasteiger charge is 2.52. The van der Waals surface area contributed by atoms with Gasteiger partial charge in [0.05, 0.1) is 51.9 Å². The van der Waals surface area contributed by atoms with Crippen molar-refractivity contribution in [3.8, 4) is 33.9 Å². The van der Waals surface area contributed by atoms with E-state index >= 15 is 8.78 Å². The van der Waals surface area contributed by atoms with Crippen molar-refractivity contribution in [1.82, 2.24) is 25.5 Å². The van der Waals surface area contributed by atoms with Crippen molar-refractivity contribution in [2.24, 2.45) is 5.41 Å². The number of alkyl halides is 3. The fourth-order valence-corrected chi connectivity index (χ4v) is 9.84. The lowest BCUT2D eigenvalue weighted by atomic mass is 9.85. The maximum Gasteiger partial charge on any atom is 0.420 e. The van der Waals surface area contributed by atoms with E-state index in [9.17, 15) is 32.3 Å². The van der Waals surface area contributed by atoms with E-state index in [4.69, 9.17) is 31.7 Å². The number of nitrogens with zero attached hydrogens (tertiary/aromatic N) is 6. The molecule has 3 aromatic carbocycles. The van der Waals surface area contributed by atoms with Crippen molar-refractivity contribution < 1.29 is 55.3 Å². The van der Waals surface area contributed by atoms with Crippen LogP contribution < -0.4 is 29.9 Å². The van der Waals surface area contributed by atoms with Crippen LogP contribution in [0.15, 0.2) is 78.4 Å². The van der Waals surface area contributed by atoms with Crippen LogP contribution in [0.3, 0.4) is 0 Å². The minimum absolute atomic E-state index is 0.0725. The number of carbonyl (C=O) groups excluding carboxylic acids is 4. The van der Waals surface area contributed by atoms with Crippen LogP contribution in [0.4, 0.5) is 33.3 Å². The summed E-state index contributed by atoms with van der Waals surface area (Å²) in [6.07, 6.45) is -1.83. The van der Waals surface area contributed by atoms with Crippen LogP contribution in [0.1, 0.15) is 82.7 Å². The van der Waals surface area contributed by atoms with Crippen molar-refractivity contribution >= 4 is 63.7 Å². The first kappa shape index (κ1) is 54.7. The lowest BCUT2D eigenvalue weighted by Crippen LogP contribution is -2.58. The molecule has 2 aromatic heterocycles. The molecule has 7 rings (SSSR count). The summed E-state index contributed by atoms with van der Waals surface area (Å²) >= 11 is 7.00. The molecule has 2 aliphatic rings. The van der Waals surface area contributed by atoms with E-state index in [1.807, 2.05) is 57.5 Å². The third kappa shape index (κ3) is 12.1. The molecule has 22 heteroatoms. The number of thiazole rings is 1. The van der Waals surface area contributed by atoms with Gasteiger partial charge in [0, 0.05) is 25.8 Å². The Morgan fingerprint density at radius 1 is 0.986 bits per heavy atom. The second-order valence-corrected chi connectivity index (χ2v) is 20.4. The van der Waals surface area contributed by atoms with Gasteiger partial charge in [-0.25, -0.2) is 18.7 Å². The van der Waals surface area contributed by atoms with Crippen molar-refractivity contribution in [1.29, 1.82) is 5.26 Å². The Hall–Kier alpha value is -7.09. The van der Waals surface area contributed by atoms with E-state index < -0.39 is 80.5 Å². The number of benzene rings is 3. The minimum Gasteiger partial charge on any atom is -0.494 e. The minimum atomic E-state index is -5.26. The van der Waals surface area contributed by atoms with Gasteiger partial charge in [-0.2, -0.15) is 18.4 Å². The van der Waals surface area contributed by atoms with E-state index in [1.54, 1.807) is 28.4 Å². The van der Waals surface area contributed by atoms with Gasteiger partial charge in [0.15, 0.2) is 16.7 Å². The number of unbranched alkanes of at least 4 members (excludes halogenated alkanes) is 1. The molecule has 0 radical (unpaired) electrons. The number of amides is 4. The number of pyridine rings is 1. The molecule has 74 heavy (non-hydrogen) atoms. The maximum atomic E-state index is 15.5. The van der Waals surface area contributed by atoms with Crippen LogP contribution in [0.5, 0.6) is 17.4 Å². The molecule has 0 bridgehead atoms. The summed E-state index contributed by atoms with van der Waals surface area (Å²) in [4.78, 5) is 66.6. The van der Waals surface area contributed by atoms with E-state index in [2.05, 4.69) is 20.6 Å². The predicted octanol–water partition coefficient (Wildman–Crippen LogP) is 9.41. The first-order valence-corrected chi connectivity index (χ1v) is 24.8. The normalized spacial score (nSPS) is 16.0. The van der Waals surface area contributed by atoms with Gasteiger partial charge in [0.2, 0.25) is 17.7 Å². The number of aryl methyl sites for hydroxylation is 1. The number of likely N-dealkylation sites (tertiary alicyclic amines) is 1.